The van der Waals surface area contributed by atoms with Gasteiger partial charge in [0.2, 0.25) is 0 Å². The Morgan fingerprint density at radius 3 is 2.84 bits per heavy atom. The molecular formula is C19H20N4O2. The molecule has 0 N–H and O–H groups in total. The molecule has 4 rings (SSSR count). The quantitative estimate of drug-likeness (QED) is 0.719. The zero-order valence-electron chi connectivity index (χ0n) is 14.1. The molecule has 128 valence electrons. The minimum atomic E-state index is -0.0662. The summed E-state index contributed by atoms with van der Waals surface area (Å²) < 4.78 is 7.50. The minimum Gasteiger partial charge on any atom is -0.355 e. The van der Waals surface area contributed by atoms with Crippen molar-refractivity contribution in [2.24, 2.45) is 5.92 Å². The molecule has 6 heteroatoms. The van der Waals surface area contributed by atoms with Crippen molar-refractivity contribution in [1.82, 2.24) is 19.6 Å². The van der Waals surface area contributed by atoms with E-state index in [2.05, 4.69) is 21.6 Å². The molecule has 25 heavy (non-hydrogen) atoms. The molecular weight excluding hydrogens is 316 g/mol. The average Bonchev–Trinajstić information content (AvgIpc) is 3.27. The summed E-state index contributed by atoms with van der Waals surface area (Å²) in [5, 5.41) is 3.94. The van der Waals surface area contributed by atoms with Crippen molar-refractivity contribution in [2.75, 3.05) is 13.1 Å². The van der Waals surface area contributed by atoms with Crippen LogP contribution in [0.5, 0.6) is 0 Å². The lowest BCUT2D eigenvalue weighted by Gasteiger charge is -2.39. The summed E-state index contributed by atoms with van der Waals surface area (Å²) in [5.41, 5.74) is 1.29. The van der Waals surface area contributed by atoms with Crippen LogP contribution in [0.2, 0.25) is 0 Å². The zero-order valence-corrected chi connectivity index (χ0v) is 14.1. The molecule has 1 fully saturated rings. The second kappa shape index (κ2) is 6.55. The molecule has 1 aromatic carbocycles. The molecule has 1 amide bonds. The van der Waals surface area contributed by atoms with Crippen molar-refractivity contribution in [3.05, 3.63) is 60.3 Å². The summed E-state index contributed by atoms with van der Waals surface area (Å²) in [4.78, 5) is 18.7. The van der Waals surface area contributed by atoms with E-state index in [1.165, 1.54) is 0 Å². The molecule has 3 aromatic rings. The molecule has 0 aliphatic carbocycles. The molecule has 0 unspecified atom stereocenters. The first kappa shape index (κ1) is 15.6. The number of carbonyl (C=O) groups excluding carboxylic acids is 1. The predicted octanol–water partition coefficient (Wildman–Crippen LogP) is 2.87. The highest BCUT2D eigenvalue weighted by molar-refractivity contribution is 5.93. The van der Waals surface area contributed by atoms with E-state index < -0.39 is 0 Å². The van der Waals surface area contributed by atoms with E-state index in [1.54, 1.807) is 6.07 Å². The van der Waals surface area contributed by atoms with Crippen molar-refractivity contribution < 1.29 is 9.32 Å². The molecule has 0 saturated carbocycles. The molecule has 0 atom stereocenters. The summed E-state index contributed by atoms with van der Waals surface area (Å²) >= 11 is 0. The summed E-state index contributed by atoms with van der Waals surface area (Å²) in [6.07, 6.45) is 4.76. The first-order valence-corrected chi connectivity index (χ1v) is 8.56. The topological polar surface area (TPSA) is 64.2 Å². The molecule has 0 radical (unpaired) electrons. The Morgan fingerprint density at radius 2 is 2.08 bits per heavy atom. The molecule has 3 heterocycles. The van der Waals surface area contributed by atoms with Gasteiger partial charge in [0.05, 0.1) is 0 Å². The summed E-state index contributed by atoms with van der Waals surface area (Å²) in [6, 6.07) is 11.4. The van der Waals surface area contributed by atoms with Gasteiger partial charge in [0.15, 0.2) is 11.5 Å². The van der Waals surface area contributed by atoms with Crippen LogP contribution in [0.1, 0.15) is 23.2 Å². The van der Waals surface area contributed by atoms with Gasteiger partial charge in [-0.2, -0.15) is 0 Å². The van der Waals surface area contributed by atoms with Crippen LogP contribution in [0.4, 0.5) is 0 Å². The van der Waals surface area contributed by atoms with Crippen molar-refractivity contribution in [2.45, 2.75) is 19.9 Å². The number of imidazole rings is 1. The number of hydrogen-bond acceptors (Lipinski definition) is 4. The van der Waals surface area contributed by atoms with Crippen molar-refractivity contribution in [1.29, 1.82) is 0 Å². The molecule has 1 aliphatic heterocycles. The van der Waals surface area contributed by atoms with Gasteiger partial charge in [-0.05, 0) is 0 Å². The van der Waals surface area contributed by atoms with E-state index in [-0.39, 0.29) is 5.91 Å². The van der Waals surface area contributed by atoms with Crippen LogP contribution in [-0.2, 0) is 13.0 Å². The number of aromatic nitrogens is 3. The Kier molecular flexibility index (Phi) is 4.09. The fourth-order valence-corrected chi connectivity index (χ4v) is 3.23. The number of likely N-dealkylation sites (tertiary alicyclic amines) is 1. The van der Waals surface area contributed by atoms with Gasteiger partial charge in [0.25, 0.3) is 5.91 Å². The fourth-order valence-electron chi connectivity index (χ4n) is 3.23. The second-order valence-electron chi connectivity index (χ2n) is 6.37. The van der Waals surface area contributed by atoms with E-state index in [4.69, 9.17) is 4.52 Å². The van der Waals surface area contributed by atoms with E-state index >= 15 is 0 Å². The molecule has 0 spiro atoms. The molecule has 6 nitrogen and oxygen atoms in total. The number of benzene rings is 1. The van der Waals surface area contributed by atoms with Gasteiger partial charge in [-0.3, -0.25) is 4.79 Å². The Morgan fingerprint density at radius 1 is 1.28 bits per heavy atom. The lowest BCUT2D eigenvalue weighted by molar-refractivity contribution is 0.0457. The van der Waals surface area contributed by atoms with Crippen molar-refractivity contribution in [3.8, 4) is 11.3 Å². The minimum absolute atomic E-state index is 0.0662. The van der Waals surface area contributed by atoms with Crippen LogP contribution < -0.4 is 0 Å². The second-order valence-corrected chi connectivity index (χ2v) is 6.37. The van der Waals surface area contributed by atoms with E-state index in [1.807, 2.05) is 47.6 Å². The molecule has 1 aliphatic rings. The first-order chi connectivity index (χ1) is 12.2. The summed E-state index contributed by atoms with van der Waals surface area (Å²) in [7, 11) is 0. The largest absolute Gasteiger partial charge is 0.355 e. The highest BCUT2D eigenvalue weighted by Gasteiger charge is 2.33. The van der Waals surface area contributed by atoms with Crippen LogP contribution in [0.25, 0.3) is 11.3 Å². The van der Waals surface area contributed by atoms with Gasteiger partial charge in [-0.25, -0.2) is 4.98 Å². The highest BCUT2D eigenvalue weighted by Crippen LogP contribution is 2.24. The zero-order chi connectivity index (χ0) is 17.2. The normalized spacial score (nSPS) is 14.5. The lowest BCUT2D eigenvalue weighted by Crippen LogP contribution is -2.51. The first-order valence-electron chi connectivity index (χ1n) is 8.56. The average molecular weight is 336 g/mol. The number of rotatable bonds is 5. The van der Waals surface area contributed by atoms with E-state index in [0.717, 1.165) is 37.4 Å². The SMILES string of the molecule is CCc1nccn1CC1CN(C(=O)c2cc(-c3ccccc3)on2)C1. The molecule has 1 saturated heterocycles. The van der Waals surface area contributed by atoms with Gasteiger partial charge in [0.1, 0.15) is 5.82 Å². The Labute approximate surface area is 146 Å². The van der Waals surface area contributed by atoms with E-state index in [9.17, 15) is 4.79 Å². The highest BCUT2D eigenvalue weighted by atomic mass is 16.5. The van der Waals surface area contributed by atoms with Crippen LogP contribution in [0.15, 0.2) is 53.3 Å². The van der Waals surface area contributed by atoms with Crippen LogP contribution >= 0.6 is 0 Å². The Bertz CT molecular complexity index is 862. The van der Waals surface area contributed by atoms with E-state index in [0.29, 0.717) is 17.4 Å². The van der Waals surface area contributed by atoms with Crippen molar-refractivity contribution >= 4 is 5.91 Å². The molecule has 2 aromatic heterocycles. The number of aryl methyl sites for hydroxylation is 1. The third kappa shape index (κ3) is 3.07. The monoisotopic (exact) mass is 336 g/mol. The summed E-state index contributed by atoms with van der Waals surface area (Å²) in [5.74, 6) is 2.10. The van der Waals surface area contributed by atoms with Gasteiger partial charge < -0.3 is 14.0 Å². The van der Waals surface area contributed by atoms with Gasteiger partial charge in [0, 0.05) is 56.0 Å². The Hall–Kier alpha value is -2.89. The Balaban J connectivity index is 1.37. The third-order valence-electron chi connectivity index (χ3n) is 4.60. The molecule has 0 bridgehead atoms. The lowest BCUT2D eigenvalue weighted by atomic mass is 9.99. The van der Waals surface area contributed by atoms with Gasteiger partial charge >= 0.3 is 0 Å². The van der Waals surface area contributed by atoms with Crippen LogP contribution in [0, 0.1) is 5.92 Å². The maximum Gasteiger partial charge on any atom is 0.276 e. The van der Waals surface area contributed by atoms with Gasteiger partial charge in [-0.15, -0.1) is 0 Å². The standard InChI is InChI=1S/C19H20N4O2/c1-2-18-20-8-9-22(18)11-14-12-23(13-14)19(24)16-10-17(25-21-16)15-6-4-3-5-7-15/h3-10,14H,2,11-13H2,1H3. The fraction of sp³-hybridized carbons (Fsp3) is 0.316. The van der Waals surface area contributed by atoms with Gasteiger partial charge in [-0.1, -0.05) is 42.4 Å². The number of amides is 1. The maximum absolute atomic E-state index is 12.5. The maximum atomic E-state index is 12.5. The smallest absolute Gasteiger partial charge is 0.276 e. The number of nitrogens with zero attached hydrogens (tertiary/aromatic N) is 4. The van der Waals surface area contributed by atoms with Crippen molar-refractivity contribution in [3.63, 3.8) is 0 Å². The number of carbonyl (C=O) groups is 1. The summed E-state index contributed by atoms with van der Waals surface area (Å²) in [6.45, 7) is 4.49. The third-order valence-corrected chi connectivity index (χ3v) is 4.60. The predicted molar refractivity (Wildman–Crippen MR) is 92.9 cm³/mol. The number of hydrogen-bond donors (Lipinski definition) is 0. The van der Waals surface area contributed by atoms with Crippen LogP contribution in [0.3, 0.4) is 0 Å². The van der Waals surface area contributed by atoms with Crippen LogP contribution in [-0.4, -0.2) is 38.6 Å².